The van der Waals surface area contributed by atoms with Crippen molar-refractivity contribution in [3.63, 3.8) is 0 Å². The predicted molar refractivity (Wildman–Crippen MR) is 57.3 cm³/mol. The van der Waals surface area contributed by atoms with Gasteiger partial charge in [0.1, 0.15) is 0 Å². The molecule has 2 aromatic rings. The molecule has 1 aromatic heterocycles. The molecular formula is C11H12N2O. The van der Waals surface area contributed by atoms with Gasteiger partial charge in [0.25, 0.3) is 0 Å². The van der Waals surface area contributed by atoms with E-state index in [9.17, 15) is 4.79 Å². The highest BCUT2D eigenvalue weighted by Crippen LogP contribution is 2.18. The van der Waals surface area contributed by atoms with Crippen LogP contribution in [-0.2, 0) is 0 Å². The Morgan fingerprint density at radius 1 is 1.43 bits per heavy atom. The molecule has 0 spiro atoms. The first-order chi connectivity index (χ1) is 6.72. The zero-order valence-corrected chi connectivity index (χ0v) is 8.03. The molecule has 0 aliphatic heterocycles. The molecule has 0 aliphatic rings. The second kappa shape index (κ2) is 3.18. The van der Waals surface area contributed by atoms with Crippen LogP contribution < -0.4 is 5.73 Å². The molecule has 1 heterocycles. The Morgan fingerprint density at radius 3 is 2.93 bits per heavy atom. The minimum Gasteiger partial charge on any atom is -0.399 e. The predicted octanol–water partition coefficient (Wildman–Crippen LogP) is 2.27. The van der Waals surface area contributed by atoms with Gasteiger partial charge in [0.2, 0.25) is 5.91 Å². The first-order valence-electron chi connectivity index (χ1n) is 4.62. The first-order valence-corrected chi connectivity index (χ1v) is 4.62. The van der Waals surface area contributed by atoms with Crippen molar-refractivity contribution in [3.05, 3.63) is 30.5 Å². The maximum absolute atomic E-state index is 11.5. The van der Waals surface area contributed by atoms with E-state index in [1.54, 1.807) is 10.8 Å². The molecule has 72 valence electrons. The standard InChI is InChI=1S/C11H12N2O/c1-2-11(14)13-6-5-8-3-4-9(12)7-10(8)13/h3-7H,2,12H2,1H3. The van der Waals surface area contributed by atoms with Crippen LogP contribution in [0.4, 0.5) is 5.69 Å². The topological polar surface area (TPSA) is 48.0 Å². The molecule has 0 saturated heterocycles. The van der Waals surface area contributed by atoms with Gasteiger partial charge in [-0.1, -0.05) is 13.0 Å². The molecule has 0 fully saturated rings. The molecule has 0 amide bonds. The Balaban J connectivity index is 2.67. The molecular weight excluding hydrogens is 176 g/mol. The lowest BCUT2D eigenvalue weighted by molar-refractivity contribution is 0.0914. The van der Waals surface area contributed by atoms with Gasteiger partial charge in [0.15, 0.2) is 0 Å². The number of nitrogens with zero attached hydrogens (tertiary/aromatic N) is 1. The van der Waals surface area contributed by atoms with Crippen LogP contribution >= 0.6 is 0 Å². The molecule has 3 nitrogen and oxygen atoms in total. The lowest BCUT2D eigenvalue weighted by atomic mass is 10.2. The lowest BCUT2D eigenvalue weighted by Gasteiger charge is -2.01. The van der Waals surface area contributed by atoms with E-state index in [-0.39, 0.29) is 5.91 Å². The van der Waals surface area contributed by atoms with E-state index in [1.165, 1.54) is 0 Å². The Kier molecular flexibility index (Phi) is 2.00. The van der Waals surface area contributed by atoms with Gasteiger partial charge in [-0.25, -0.2) is 0 Å². The van der Waals surface area contributed by atoms with Crippen molar-refractivity contribution in [2.24, 2.45) is 0 Å². The highest BCUT2D eigenvalue weighted by atomic mass is 16.1. The van der Waals surface area contributed by atoms with Crippen molar-refractivity contribution in [3.8, 4) is 0 Å². The van der Waals surface area contributed by atoms with Crippen molar-refractivity contribution >= 4 is 22.5 Å². The highest BCUT2D eigenvalue weighted by Gasteiger charge is 2.06. The molecule has 14 heavy (non-hydrogen) atoms. The van der Waals surface area contributed by atoms with Crippen LogP contribution in [-0.4, -0.2) is 10.5 Å². The fourth-order valence-electron chi connectivity index (χ4n) is 1.53. The summed E-state index contributed by atoms with van der Waals surface area (Å²) in [5.41, 5.74) is 7.24. The molecule has 3 heteroatoms. The smallest absolute Gasteiger partial charge is 0.230 e. The van der Waals surface area contributed by atoms with Crippen molar-refractivity contribution in [1.29, 1.82) is 0 Å². The zero-order chi connectivity index (χ0) is 10.1. The van der Waals surface area contributed by atoms with Gasteiger partial charge in [-0.15, -0.1) is 0 Å². The number of fused-ring (bicyclic) bond motifs is 1. The molecule has 0 radical (unpaired) electrons. The van der Waals surface area contributed by atoms with Crippen LogP contribution in [0, 0.1) is 0 Å². The summed E-state index contributed by atoms with van der Waals surface area (Å²) in [5.74, 6) is 0.0885. The summed E-state index contributed by atoms with van der Waals surface area (Å²) in [7, 11) is 0. The number of aromatic nitrogens is 1. The van der Waals surface area contributed by atoms with Crippen LogP contribution in [0.3, 0.4) is 0 Å². The number of carbonyl (C=O) groups is 1. The van der Waals surface area contributed by atoms with E-state index >= 15 is 0 Å². The largest absolute Gasteiger partial charge is 0.399 e. The summed E-state index contributed by atoms with van der Waals surface area (Å²) in [6, 6.07) is 7.50. The maximum Gasteiger partial charge on any atom is 0.230 e. The van der Waals surface area contributed by atoms with E-state index in [1.807, 2.05) is 31.2 Å². The lowest BCUT2D eigenvalue weighted by Crippen LogP contribution is -2.06. The normalized spacial score (nSPS) is 10.6. The summed E-state index contributed by atoms with van der Waals surface area (Å²) in [5, 5.41) is 1.04. The van der Waals surface area contributed by atoms with Crippen molar-refractivity contribution in [1.82, 2.24) is 4.57 Å². The summed E-state index contributed by atoms with van der Waals surface area (Å²) in [6.45, 7) is 1.85. The molecule has 0 saturated carbocycles. The number of benzene rings is 1. The van der Waals surface area contributed by atoms with Gasteiger partial charge in [-0.2, -0.15) is 0 Å². The molecule has 0 atom stereocenters. The second-order valence-electron chi connectivity index (χ2n) is 3.25. The van der Waals surface area contributed by atoms with Crippen molar-refractivity contribution < 1.29 is 4.79 Å². The fraction of sp³-hybridized carbons (Fsp3) is 0.182. The average Bonchev–Trinajstić information content (AvgIpc) is 2.59. The van der Waals surface area contributed by atoms with Crippen LogP contribution in [0.5, 0.6) is 0 Å². The fourth-order valence-corrected chi connectivity index (χ4v) is 1.53. The Hall–Kier alpha value is -1.77. The van der Waals surface area contributed by atoms with Gasteiger partial charge in [-0.05, 0) is 18.2 Å². The van der Waals surface area contributed by atoms with Gasteiger partial charge >= 0.3 is 0 Å². The van der Waals surface area contributed by atoms with E-state index in [2.05, 4.69) is 0 Å². The SMILES string of the molecule is CCC(=O)n1ccc2ccc(N)cc21. The minimum atomic E-state index is 0.0885. The molecule has 2 rings (SSSR count). The average molecular weight is 188 g/mol. The quantitative estimate of drug-likeness (QED) is 0.698. The van der Waals surface area contributed by atoms with Crippen LogP contribution in [0.1, 0.15) is 18.1 Å². The summed E-state index contributed by atoms with van der Waals surface area (Å²) in [4.78, 5) is 11.5. The Morgan fingerprint density at radius 2 is 2.21 bits per heavy atom. The third kappa shape index (κ3) is 1.27. The van der Waals surface area contributed by atoms with Crippen molar-refractivity contribution in [2.75, 3.05) is 5.73 Å². The first kappa shape index (κ1) is 8.81. The van der Waals surface area contributed by atoms with Gasteiger partial charge in [0.05, 0.1) is 5.52 Å². The minimum absolute atomic E-state index is 0.0885. The molecule has 0 unspecified atom stereocenters. The number of anilines is 1. The van der Waals surface area contributed by atoms with Crippen LogP contribution in [0.25, 0.3) is 10.9 Å². The third-order valence-corrected chi connectivity index (χ3v) is 2.29. The van der Waals surface area contributed by atoms with Crippen molar-refractivity contribution in [2.45, 2.75) is 13.3 Å². The Labute approximate surface area is 82.1 Å². The number of nitrogens with two attached hydrogens (primary N) is 1. The van der Waals surface area contributed by atoms with Gasteiger partial charge < -0.3 is 5.73 Å². The number of nitrogen functional groups attached to an aromatic ring is 1. The number of rotatable bonds is 1. The van der Waals surface area contributed by atoms with E-state index in [0.29, 0.717) is 12.1 Å². The summed E-state index contributed by atoms with van der Waals surface area (Å²) < 4.78 is 1.64. The summed E-state index contributed by atoms with van der Waals surface area (Å²) in [6.07, 6.45) is 2.29. The summed E-state index contributed by atoms with van der Waals surface area (Å²) >= 11 is 0. The van der Waals surface area contributed by atoms with Gasteiger partial charge in [-0.3, -0.25) is 9.36 Å². The Bertz CT molecular complexity index is 485. The number of hydrogen-bond acceptors (Lipinski definition) is 2. The number of carbonyl (C=O) groups excluding carboxylic acids is 1. The zero-order valence-electron chi connectivity index (χ0n) is 8.03. The molecule has 2 N–H and O–H groups in total. The maximum atomic E-state index is 11.5. The molecule has 1 aromatic carbocycles. The van der Waals surface area contributed by atoms with Crippen LogP contribution in [0.2, 0.25) is 0 Å². The van der Waals surface area contributed by atoms with E-state index < -0.39 is 0 Å². The third-order valence-electron chi connectivity index (χ3n) is 2.29. The van der Waals surface area contributed by atoms with Gasteiger partial charge in [0, 0.05) is 23.7 Å². The second-order valence-corrected chi connectivity index (χ2v) is 3.25. The number of hydrogen-bond donors (Lipinski definition) is 1. The van der Waals surface area contributed by atoms with E-state index in [4.69, 9.17) is 5.73 Å². The highest BCUT2D eigenvalue weighted by molar-refractivity contribution is 5.93. The van der Waals surface area contributed by atoms with E-state index in [0.717, 1.165) is 10.9 Å². The molecule has 0 aliphatic carbocycles. The van der Waals surface area contributed by atoms with Crippen LogP contribution in [0.15, 0.2) is 30.5 Å². The monoisotopic (exact) mass is 188 g/mol. The molecule has 0 bridgehead atoms.